The minimum absolute atomic E-state index is 0.0107. The van der Waals surface area contributed by atoms with Crippen LogP contribution in [-0.2, 0) is 16.6 Å². The SMILES string of the molecule is CC1(C(F)(F)F)c2cc3c(cc2Cc2cc4c(cc21)C(=O)OC4=O)C(=O)CC3=O. The Bertz CT molecular complexity index is 1120. The summed E-state index contributed by atoms with van der Waals surface area (Å²) in [5.74, 6) is -2.82. The summed E-state index contributed by atoms with van der Waals surface area (Å²) in [6, 6.07) is 4.83. The number of hydrogen-bond donors (Lipinski definition) is 0. The second-order valence-electron chi connectivity index (χ2n) is 7.61. The number of alkyl halides is 3. The molecule has 2 aromatic carbocycles. The Morgan fingerprint density at radius 2 is 1.21 bits per heavy atom. The lowest BCUT2D eigenvalue weighted by atomic mass is 9.66. The van der Waals surface area contributed by atoms with Crippen LogP contribution in [0.1, 0.15) is 77.0 Å². The fraction of sp³-hybridized carbons (Fsp3) is 0.238. The van der Waals surface area contributed by atoms with E-state index in [0.717, 1.165) is 19.1 Å². The largest absolute Gasteiger partial charge is 0.402 e. The van der Waals surface area contributed by atoms with Crippen LogP contribution in [0.15, 0.2) is 24.3 Å². The van der Waals surface area contributed by atoms with Crippen molar-refractivity contribution in [3.63, 3.8) is 0 Å². The molecular formula is C21H11F3O5. The zero-order chi connectivity index (χ0) is 20.9. The van der Waals surface area contributed by atoms with Gasteiger partial charge in [-0.15, -0.1) is 0 Å². The van der Waals surface area contributed by atoms with Crippen LogP contribution in [0, 0.1) is 0 Å². The van der Waals surface area contributed by atoms with Gasteiger partial charge in [0, 0.05) is 11.1 Å². The van der Waals surface area contributed by atoms with Crippen molar-refractivity contribution >= 4 is 23.5 Å². The number of halogens is 3. The van der Waals surface area contributed by atoms with Gasteiger partial charge in [0.2, 0.25) is 0 Å². The van der Waals surface area contributed by atoms with Crippen molar-refractivity contribution in [2.24, 2.45) is 0 Å². The first-order chi connectivity index (χ1) is 13.5. The van der Waals surface area contributed by atoms with Gasteiger partial charge in [0.25, 0.3) is 0 Å². The van der Waals surface area contributed by atoms with Gasteiger partial charge in [-0.1, -0.05) is 0 Å². The molecule has 0 amide bonds. The zero-order valence-electron chi connectivity index (χ0n) is 14.9. The van der Waals surface area contributed by atoms with Gasteiger partial charge < -0.3 is 4.74 Å². The molecule has 3 aliphatic rings. The molecule has 2 aliphatic carbocycles. The fourth-order valence-electron chi connectivity index (χ4n) is 4.50. The summed E-state index contributed by atoms with van der Waals surface area (Å²) >= 11 is 0. The first kappa shape index (κ1) is 17.8. The monoisotopic (exact) mass is 400 g/mol. The molecule has 0 aromatic heterocycles. The third-order valence-corrected chi connectivity index (χ3v) is 6.06. The minimum atomic E-state index is -4.77. The van der Waals surface area contributed by atoms with Crippen LogP contribution < -0.4 is 0 Å². The molecule has 5 nitrogen and oxygen atoms in total. The molecule has 0 N–H and O–H groups in total. The van der Waals surface area contributed by atoms with Crippen molar-refractivity contribution in [2.45, 2.75) is 31.4 Å². The fourth-order valence-corrected chi connectivity index (χ4v) is 4.50. The van der Waals surface area contributed by atoms with Crippen LogP contribution >= 0.6 is 0 Å². The lowest BCUT2D eigenvalue weighted by Gasteiger charge is -2.40. The maximum Gasteiger partial charge on any atom is 0.402 e. The van der Waals surface area contributed by atoms with Gasteiger partial charge >= 0.3 is 18.1 Å². The number of Topliss-reactive ketones (excluding diaryl/α,β-unsaturated/α-hetero) is 2. The number of cyclic esters (lactones) is 2. The van der Waals surface area contributed by atoms with E-state index >= 15 is 0 Å². The normalized spacial score (nSPS) is 22.2. The van der Waals surface area contributed by atoms with Crippen molar-refractivity contribution in [2.75, 3.05) is 0 Å². The van der Waals surface area contributed by atoms with E-state index < -0.39 is 35.1 Å². The number of ether oxygens (including phenoxy) is 1. The second-order valence-corrected chi connectivity index (χ2v) is 7.61. The van der Waals surface area contributed by atoms with Crippen LogP contribution in [-0.4, -0.2) is 29.7 Å². The molecule has 2 aromatic rings. The van der Waals surface area contributed by atoms with Crippen molar-refractivity contribution in [3.8, 4) is 0 Å². The van der Waals surface area contributed by atoms with Crippen molar-refractivity contribution in [3.05, 3.63) is 68.8 Å². The van der Waals surface area contributed by atoms with E-state index in [1.165, 1.54) is 12.1 Å². The van der Waals surface area contributed by atoms with Crippen molar-refractivity contribution < 1.29 is 37.1 Å². The summed E-state index contributed by atoms with van der Waals surface area (Å²) in [5.41, 5.74) is -2.51. The number of carbonyl (C=O) groups excluding carboxylic acids is 4. The minimum Gasteiger partial charge on any atom is -0.386 e. The summed E-state index contributed by atoms with van der Waals surface area (Å²) < 4.78 is 47.7. The second kappa shape index (κ2) is 5.20. The molecule has 1 heterocycles. The number of ketones is 2. The van der Waals surface area contributed by atoms with Crippen LogP contribution in [0.2, 0.25) is 0 Å². The number of rotatable bonds is 0. The Balaban J connectivity index is 1.84. The van der Waals surface area contributed by atoms with E-state index in [9.17, 15) is 32.3 Å². The van der Waals surface area contributed by atoms with Crippen LogP contribution in [0.5, 0.6) is 0 Å². The molecule has 1 unspecified atom stereocenters. The molecule has 0 radical (unpaired) electrons. The Morgan fingerprint density at radius 3 is 1.76 bits per heavy atom. The molecule has 5 rings (SSSR count). The Hall–Kier alpha value is -3.29. The highest BCUT2D eigenvalue weighted by Crippen LogP contribution is 2.53. The van der Waals surface area contributed by atoms with Gasteiger partial charge in [-0.2, -0.15) is 13.2 Å². The van der Waals surface area contributed by atoms with Crippen LogP contribution in [0.3, 0.4) is 0 Å². The van der Waals surface area contributed by atoms with Crippen LogP contribution in [0.25, 0.3) is 0 Å². The lowest BCUT2D eigenvalue weighted by Crippen LogP contribution is -2.44. The van der Waals surface area contributed by atoms with E-state index in [0.29, 0.717) is 0 Å². The Morgan fingerprint density at radius 1 is 0.759 bits per heavy atom. The maximum absolute atomic E-state index is 14.4. The molecular weight excluding hydrogens is 389 g/mol. The number of benzene rings is 2. The van der Waals surface area contributed by atoms with Crippen LogP contribution in [0.4, 0.5) is 13.2 Å². The number of carbonyl (C=O) groups is 4. The molecule has 29 heavy (non-hydrogen) atoms. The topological polar surface area (TPSA) is 77.5 Å². The van der Waals surface area contributed by atoms with E-state index in [-0.39, 0.29) is 57.3 Å². The summed E-state index contributed by atoms with van der Waals surface area (Å²) in [5, 5.41) is 0. The van der Waals surface area contributed by atoms with E-state index in [4.69, 9.17) is 0 Å². The highest BCUT2D eigenvalue weighted by molar-refractivity contribution is 6.24. The molecule has 1 aliphatic heterocycles. The Labute approximate surface area is 161 Å². The van der Waals surface area contributed by atoms with Gasteiger partial charge in [0.1, 0.15) is 5.41 Å². The van der Waals surface area contributed by atoms with E-state index in [1.54, 1.807) is 0 Å². The predicted molar refractivity (Wildman–Crippen MR) is 91.2 cm³/mol. The third-order valence-electron chi connectivity index (χ3n) is 6.06. The molecule has 0 saturated carbocycles. The highest BCUT2D eigenvalue weighted by Gasteiger charge is 2.57. The lowest BCUT2D eigenvalue weighted by molar-refractivity contribution is -0.174. The first-order valence-electron chi connectivity index (χ1n) is 8.77. The summed E-state index contributed by atoms with van der Waals surface area (Å²) in [7, 11) is 0. The average Bonchev–Trinajstić information content (AvgIpc) is 3.07. The summed E-state index contributed by atoms with van der Waals surface area (Å²) in [4.78, 5) is 47.9. The van der Waals surface area contributed by atoms with Gasteiger partial charge in [0.15, 0.2) is 11.6 Å². The molecule has 1 atom stereocenters. The quantitative estimate of drug-likeness (QED) is 0.499. The van der Waals surface area contributed by atoms with Gasteiger partial charge in [0.05, 0.1) is 17.5 Å². The van der Waals surface area contributed by atoms with Gasteiger partial charge in [-0.25, -0.2) is 9.59 Å². The number of fused-ring (bicyclic) bond motifs is 4. The molecule has 146 valence electrons. The van der Waals surface area contributed by atoms with Crippen molar-refractivity contribution in [1.82, 2.24) is 0 Å². The maximum atomic E-state index is 14.4. The highest BCUT2D eigenvalue weighted by atomic mass is 19.4. The Kier molecular flexibility index (Phi) is 3.19. The van der Waals surface area contributed by atoms with E-state index in [2.05, 4.69) is 4.74 Å². The molecule has 8 heteroatoms. The summed E-state index contributed by atoms with van der Waals surface area (Å²) in [6.07, 6.45) is -5.10. The number of esters is 2. The van der Waals surface area contributed by atoms with Gasteiger partial charge in [-0.3, -0.25) is 9.59 Å². The average molecular weight is 400 g/mol. The van der Waals surface area contributed by atoms with Crippen molar-refractivity contribution in [1.29, 1.82) is 0 Å². The first-order valence-corrected chi connectivity index (χ1v) is 8.77. The zero-order valence-corrected chi connectivity index (χ0v) is 14.9. The van der Waals surface area contributed by atoms with Gasteiger partial charge in [-0.05, 0) is 59.9 Å². The molecule has 0 saturated heterocycles. The smallest absolute Gasteiger partial charge is 0.386 e. The molecule has 0 fully saturated rings. The van der Waals surface area contributed by atoms with E-state index in [1.807, 2.05) is 0 Å². The molecule has 0 spiro atoms. The number of hydrogen-bond acceptors (Lipinski definition) is 5. The predicted octanol–water partition coefficient (Wildman–Crippen LogP) is 3.54. The standard InChI is InChI=1S/C21H11F3O5/c1-20(21(22,23)24)14-5-11-10(16(25)7-17(11)26)3-8(14)2-9-4-12-13(6-15(9)20)19(28)29-18(12)27/h3-6H,2,7H2,1H3. The summed E-state index contributed by atoms with van der Waals surface area (Å²) in [6.45, 7) is 0.978. The third kappa shape index (κ3) is 2.11. The molecule has 0 bridgehead atoms.